The molecule has 0 aliphatic rings. The van der Waals surface area contributed by atoms with E-state index in [1.54, 1.807) is 12.1 Å². The number of hydrogen-bond donors (Lipinski definition) is 3. The van der Waals surface area contributed by atoms with Crippen LogP contribution in [-0.4, -0.2) is 16.9 Å². The summed E-state index contributed by atoms with van der Waals surface area (Å²) in [5.74, 6) is 0.0951. The number of pyridine rings is 1. The molecular weight excluding hydrogens is 242 g/mol. The number of nitrogens with one attached hydrogen (secondary N) is 2. The quantitative estimate of drug-likeness (QED) is 0.776. The fourth-order valence-corrected chi connectivity index (χ4v) is 2.02. The average Bonchev–Trinajstić information content (AvgIpc) is 2.35. The fourth-order valence-electron chi connectivity index (χ4n) is 2.02. The molecule has 0 bridgehead atoms. The Labute approximate surface area is 110 Å². The molecule has 1 aromatic heterocycles. The first-order chi connectivity index (χ1) is 8.99. The van der Waals surface area contributed by atoms with Gasteiger partial charge in [-0.15, -0.1) is 0 Å². The average molecular weight is 259 g/mol. The van der Waals surface area contributed by atoms with Crippen molar-refractivity contribution in [2.24, 2.45) is 11.7 Å². The largest absolute Gasteiger partial charge is 0.368 e. The zero-order valence-electron chi connectivity index (χ0n) is 10.9. The molecule has 0 fully saturated rings. The van der Waals surface area contributed by atoms with E-state index in [2.05, 4.69) is 10.3 Å². The van der Waals surface area contributed by atoms with E-state index in [1.807, 2.05) is 32.0 Å². The summed E-state index contributed by atoms with van der Waals surface area (Å²) in [6.45, 7) is 3.78. The number of benzene rings is 1. The van der Waals surface area contributed by atoms with Gasteiger partial charge in [0.15, 0.2) is 0 Å². The van der Waals surface area contributed by atoms with Gasteiger partial charge in [-0.2, -0.15) is 0 Å². The fraction of sp³-hybridized carbons (Fsp3) is 0.286. The second-order valence-corrected chi connectivity index (χ2v) is 4.87. The first-order valence-corrected chi connectivity index (χ1v) is 6.17. The molecule has 0 saturated heterocycles. The van der Waals surface area contributed by atoms with Crippen LogP contribution >= 0.6 is 0 Å². The van der Waals surface area contributed by atoms with Crippen molar-refractivity contribution in [2.45, 2.75) is 19.9 Å². The number of primary amides is 1. The number of aromatic nitrogens is 1. The molecule has 0 aliphatic carbocycles. The van der Waals surface area contributed by atoms with Crippen LogP contribution in [0.4, 0.5) is 5.82 Å². The van der Waals surface area contributed by atoms with Crippen molar-refractivity contribution in [1.82, 2.24) is 4.98 Å². The Hall–Kier alpha value is -2.30. The predicted molar refractivity (Wildman–Crippen MR) is 76.0 cm³/mol. The van der Waals surface area contributed by atoms with Gasteiger partial charge in [0.1, 0.15) is 11.9 Å². The maximum atomic E-state index is 11.9. The number of hydrogen-bond acceptors (Lipinski definition) is 3. The van der Waals surface area contributed by atoms with Crippen LogP contribution in [0.15, 0.2) is 35.1 Å². The molecule has 0 aliphatic heterocycles. The highest BCUT2D eigenvalue weighted by molar-refractivity contribution is 5.86. The lowest BCUT2D eigenvalue weighted by molar-refractivity contribution is -0.119. The number of nitrogens with two attached hydrogens (primary N) is 1. The van der Waals surface area contributed by atoms with Gasteiger partial charge in [0.05, 0.1) is 0 Å². The van der Waals surface area contributed by atoms with Crippen molar-refractivity contribution in [2.75, 3.05) is 5.32 Å². The number of carbonyl (C=O) groups excluding carboxylic acids is 1. The van der Waals surface area contributed by atoms with Gasteiger partial charge in [-0.05, 0) is 23.4 Å². The summed E-state index contributed by atoms with van der Waals surface area (Å²) in [6.07, 6.45) is 0. The molecule has 5 nitrogen and oxygen atoms in total. The molecule has 0 saturated carbocycles. The van der Waals surface area contributed by atoms with Crippen LogP contribution in [0.25, 0.3) is 10.8 Å². The van der Waals surface area contributed by atoms with Crippen molar-refractivity contribution >= 4 is 22.5 Å². The Bertz CT molecular complexity index is 661. The Morgan fingerprint density at radius 3 is 2.63 bits per heavy atom. The molecule has 2 aromatic rings. The van der Waals surface area contributed by atoms with Crippen LogP contribution in [0, 0.1) is 5.92 Å². The summed E-state index contributed by atoms with van der Waals surface area (Å²) < 4.78 is 0. The molecule has 0 spiro atoms. The lowest BCUT2D eigenvalue weighted by Crippen LogP contribution is -2.40. The van der Waals surface area contributed by atoms with Crippen LogP contribution in [0.5, 0.6) is 0 Å². The first kappa shape index (κ1) is 13.1. The molecule has 0 radical (unpaired) electrons. The number of anilines is 1. The van der Waals surface area contributed by atoms with Gasteiger partial charge in [-0.3, -0.25) is 9.59 Å². The molecule has 4 N–H and O–H groups in total. The molecule has 100 valence electrons. The van der Waals surface area contributed by atoms with Gasteiger partial charge >= 0.3 is 0 Å². The van der Waals surface area contributed by atoms with Crippen LogP contribution in [-0.2, 0) is 4.79 Å². The van der Waals surface area contributed by atoms with Crippen molar-refractivity contribution in [3.63, 3.8) is 0 Å². The highest BCUT2D eigenvalue weighted by atomic mass is 16.1. The van der Waals surface area contributed by atoms with E-state index in [-0.39, 0.29) is 11.5 Å². The van der Waals surface area contributed by atoms with Crippen molar-refractivity contribution in [3.8, 4) is 0 Å². The maximum Gasteiger partial charge on any atom is 0.257 e. The van der Waals surface area contributed by atoms with E-state index in [0.29, 0.717) is 11.2 Å². The number of carbonyl (C=O) groups is 1. The lowest BCUT2D eigenvalue weighted by atomic mass is 10.0. The van der Waals surface area contributed by atoms with E-state index >= 15 is 0 Å². The van der Waals surface area contributed by atoms with Crippen LogP contribution in [0.1, 0.15) is 13.8 Å². The second kappa shape index (κ2) is 5.14. The Balaban J connectivity index is 2.41. The summed E-state index contributed by atoms with van der Waals surface area (Å²) in [4.78, 5) is 26.0. The SMILES string of the molecule is CC(C)C(Nc1cc2ccccc2c(=O)[nH]1)C(N)=O. The minimum Gasteiger partial charge on any atom is -0.368 e. The van der Waals surface area contributed by atoms with Gasteiger partial charge < -0.3 is 16.0 Å². The Kier molecular flexibility index (Phi) is 3.55. The normalized spacial score (nSPS) is 12.6. The van der Waals surface area contributed by atoms with E-state index in [1.165, 1.54) is 0 Å². The van der Waals surface area contributed by atoms with Crippen LogP contribution < -0.4 is 16.6 Å². The molecule has 1 unspecified atom stereocenters. The molecule has 1 amide bonds. The third kappa shape index (κ3) is 2.76. The summed E-state index contributed by atoms with van der Waals surface area (Å²) >= 11 is 0. The van der Waals surface area contributed by atoms with Crippen LogP contribution in [0.2, 0.25) is 0 Å². The molecule has 2 rings (SSSR count). The predicted octanol–water partition coefficient (Wildman–Crippen LogP) is 1.45. The minimum absolute atomic E-state index is 0.0347. The zero-order chi connectivity index (χ0) is 14.0. The number of amides is 1. The van der Waals surface area contributed by atoms with Crippen LogP contribution in [0.3, 0.4) is 0 Å². The van der Waals surface area contributed by atoms with E-state index in [4.69, 9.17) is 5.73 Å². The molecule has 1 heterocycles. The number of aromatic amines is 1. The summed E-state index contributed by atoms with van der Waals surface area (Å²) in [5.41, 5.74) is 5.16. The van der Waals surface area contributed by atoms with Gasteiger partial charge in [-0.25, -0.2) is 0 Å². The van der Waals surface area contributed by atoms with E-state index < -0.39 is 11.9 Å². The van der Waals surface area contributed by atoms with Gasteiger partial charge in [0.2, 0.25) is 5.91 Å². The zero-order valence-corrected chi connectivity index (χ0v) is 10.9. The minimum atomic E-state index is -0.517. The van der Waals surface area contributed by atoms with Gasteiger partial charge in [0, 0.05) is 5.39 Å². The van der Waals surface area contributed by atoms with Crippen molar-refractivity contribution in [1.29, 1.82) is 0 Å². The lowest BCUT2D eigenvalue weighted by Gasteiger charge is -2.20. The van der Waals surface area contributed by atoms with Gasteiger partial charge in [-0.1, -0.05) is 32.0 Å². The summed E-state index contributed by atoms with van der Waals surface area (Å²) in [7, 11) is 0. The standard InChI is InChI=1S/C14H17N3O2/c1-8(2)12(13(15)18)16-11-7-9-5-3-4-6-10(9)14(19)17-11/h3-8,12H,1-2H3,(H2,15,18)(H2,16,17,19). The highest BCUT2D eigenvalue weighted by Gasteiger charge is 2.19. The monoisotopic (exact) mass is 259 g/mol. The Morgan fingerprint density at radius 2 is 2.00 bits per heavy atom. The van der Waals surface area contributed by atoms with E-state index in [9.17, 15) is 9.59 Å². The summed E-state index contributed by atoms with van der Waals surface area (Å²) in [6, 6.07) is 8.56. The molecular formula is C14H17N3O2. The third-order valence-electron chi connectivity index (χ3n) is 3.04. The summed E-state index contributed by atoms with van der Waals surface area (Å²) in [5, 5.41) is 4.42. The maximum absolute atomic E-state index is 11.9. The molecule has 1 aromatic carbocycles. The topological polar surface area (TPSA) is 88.0 Å². The second-order valence-electron chi connectivity index (χ2n) is 4.87. The van der Waals surface area contributed by atoms with E-state index in [0.717, 1.165) is 5.39 Å². The molecule has 19 heavy (non-hydrogen) atoms. The Morgan fingerprint density at radius 1 is 1.32 bits per heavy atom. The van der Waals surface area contributed by atoms with Crippen molar-refractivity contribution in [3.05, 3.63) is 40.7 Å². The first-order valence-electron chi connectivity index (χ1n) is 6.17. The number of fused-ring (bicyclic) bond motifs is 1. The number of H-pyrrole nitrogens is 1. The molecule has 5 heteroatoms. The highest BCUT2D eigenvalue weighted by Crippen LogP contribution is 2.15. The van der Waals surface area contributed by atoms with Gasteiger partial charge in [0.25, 0.3) is 5.56 Å². The van der Waals surface area contributed by atoms with Crippen molar-refractivity contribution < 1.29 is 4.79 Å². The smallest absolute Gasteiger partial charge is 0.257 e. The molecule has 1 atom stereocenters. The third-order valence-corrected chi connectivity index (χ3v) is 3.04. The number of rotatable bonds is 4.